The van der Waals surface area contributed by atoms with Crippen LogP contribution in [0.4, 0.5) is 10.5 Å². The van der Waals surface area contributed by atoms with E-state index in [1.54, 1.807) is 0 Å². The van der Waals surface area contributed by atoms with Gasteiger partial charge in [0.25, 0.3) is 0 Å². The molecule has 0 aliphatic carbocycles. The Balaban J connectivity index is 2.47. The molecule has 1 unspecified atom stereocenters. The average molecular weight is 209 g/mol. The van der Waals surface area contributed by atoms with Gasteiger partial charge >= 0.3 is 6.03 Å². The first-order valence-corrected chi connectivity index (χ1v) is 4.21. The van der Waals surface area contributed by atoms with Gasteiger partial charge in [-0.05, 0) is 6.92 Å². The third-order valence-corrected chi connectivity index (χ3v) is 1.59. The van der Waals surface area contributed by atoms with Crippen LogP contribution in [0.15, 0.2) is 18.7 Å². The number of anilines is 1. The molecular weight excluding hydrogens is 198 g/mol. The highest BCUT2D eigenvalue weighted by Crippen LogP contribution is 1.99. The number of urea groups is 1. The van der Waals surface area contributed by atoms with Crippen LogP contribution in [0.5, 0.6) is 0 Å². The highest BCUT2D eigenvalue weighted by molar-refractivity contribution is 5.92. The minimum Gasteiger partial charge on any atom is -0.368 e. The lowest BCUT2D eigenvalue weighted by atomic mass is 10.3. The number of primary amides is 1. The van der Waals surface area contributed by atoms with Gasteiger partial charge in [-0.25, -0.2) is 14.8 Å². The van der Waals surface area contributed by atoms with E-state index < -0.39 is 18.0 Å². The highest BCUT2D eigenvalue weighted by Gasteiger charge is 2.11. The maximum Gasteiger partial charge on any atom is 0.319 e. The van der Waals surface area contributed by atoms with E-state index in [0.29, 0.717) is 5.69 Å². The molecule has 1 aromatic heterocycles. The van der Waals surface area contributed by atoms with E-state index >= 15 is 0 Å². The van der Waals surface area contributed by atoms with Crippen molar-refractivity contribution in [2.45, 2.75) is 13.0 Å². The fraction of sp³-hybridized carbons (Fsp3) is 0.250. The topological polar surface area (TPSA) is 110 Å². The van der Waals surface area contributed by atoms with Crippen molar-refractivity contribution in [1.82, 2.24) is 15.3 Å². The predicted molar refractivity (Wildman–Crippen MR) is 52.8 cm³/mol. The molecule has 0 aliphatic rings. The Labute approximate surface area is 86.1 Å². The minimum absolute atomic E-state index is 0.437. The molecule has 7 nitrogen and oxygen atoms in total. The fourth-order valence-corrected chi connectivity index (χ4v) is 0.799. The molecule has 1 atom stereocenters. The van der Waals surface area contributed by atoms with E-state index in [4.69, 9.17) is 5.73 Å². The van der Waals surface area contributed by atoms with Gasteiger partial charge in [0.05, 0.1) is 18.1 Å². The molecule has 15 heavy (non-hydrogen) atoms. The minimum atomic E-state index is -0.727. The smallest absolute Gasteiger partial charge is 0.319 e. The quantitative estimate of drug-likeness (QED) is 0.621. The van der Waals surface area contributed by atoms with Crippen LogP contribution in [0.3, 0.4) is 0 Å². The molecule has 1 heterocycles. The molecule has 3 amide bonds. The number of rotatable bonds is 3. The van der Waals surface area contributed by atoms with E-state index in [9.17, 15) is 9.59 Å². The summed E-state index contributed by atoms with van der Waals surface area (Å²) in [4.78, 5) is 29.3. The molecule has 0 saturated heterocycles. The van der Waals surface area contributed by atoms with Gasteiger partial charge in [-0.1, -0.05) is 0 Å². The van der Waals surface area contributed by atoms with E-state index in [2.05, 4.69) is 20.6 Å². The van der Waals surface area contributed by atoms with Crippen molar-refractivity contribution >= 4 is 17.6 Å². The number of hydrogen-bond acceptors (Lipinski definition) is 4. The second-order valence-electron chi connectivity index (χ2n) is 2.85. The molecule has 0 aromatic carbocycles. The number of nitrogens with one attached hydrogen (secondary N) is 2. The molecule has 0 spiro atoms. The molecule has 4 N–H and O–H groups in total. The lowest BCUT2D eigenvalue weighted by Gasteiger charge is -2.10. The zero-order valence-corrected chi connectivity index (χ0v) is 8.10. The van der Waals surface area contributed by atoms with Crippen LogP contribution in [0, 0.1) is 0 Å². The largest absolute Gasteiger partial charge is 0.368 e. The molecule has 80 valence electrons. The molecule has 1 aromatic rings. The van der Waals surface area contributed by atoms with Crippen molar-refractivity contribution < 1.29 is 9.59 Å². The number of amides is 3. The Morgan fingerprint density at radius 3 is 2.53 bits per heavy atom. The normalized spacial score (nSPS) is 11.5. The first-order valence-electron chi connectivity index (χ1n) is 4.21. The number of hydrogen-bond donors (Lipinski definition) is 3. The maximum absolute atomic E-state index is 11.2. The van der Waals surface area contributed by atoms with Crippen LogP contribution < -0.4 is 16.4 Å². The van der Waals surface area contributed by atoms with Gasteiger partial charge in [0, 0.05) is 0 Å². The fourth-order valence-electron chi connectivity index (χ4n) is 0.799. The summed E-state index contributed by atoms with van der Waals surface area (Å²) in [5.74, 6) is -0.602. The summed E-state index contributed by atoms with van der Waals surface area (Å²) in [7, 11) is 0. The summed E-state index contributed by atoms with van der Waals surface area (Å²) >= 11 is 0. The molecular formula is C8H11N5O2. The van der Waals surface area contributed by atoms with Crippen molar-refractivity contribution in [2.24, 2.45) is 5.73 Å². The summed E-state index contributed by atoms with van der Waals surface area (Å²) < 4.78 is 0. The Bertz CT molecular complexity index is 353. The summed E-state index contributed by atoms with van der Waals surface area (Å²) in [5, 5.41) is 4.79. The van der Waals surface area contributed by atoms with Gasteiger partial charge in [0.2, 0.25) is 5.91 Å². The highest BCUT2D eigenvalue weighted by atomic mass is 16.2. The molecule has 1 rings (SSSR count). The molecule has 0 saturated carbocycles. The molecule has 0 radical (unpaired) electrons. The number of aromatic nitrogens is 2. The second-order valence-corrected chi connectivity index (χ2v) is 2.85. The Hall–Kier alpha value is -2.18. The Morgan fingerprint density at radius 2 is 2.00 bits per heavy atom. The van der Waals surface area contributed by atoms with Crippen molar-refractivity contribution in [3.63, 3.8) is 0 Å². The summed E-state index contributed by atoms with van der Waals surface area (Å²) in [5.41, 5.74) is 5.41. The van der Waals surface area contributed by atoms with Gasteiger partial charge in [0.1, 0.15) is 12.4 Å². The number of nitrogens with two attached hydrogens (primary N) is 1. The van der Waals surface area contributed by atoms with Crippen molar-refractivity contribution in [2.75, 3.05) is 5.32 Å². The first kappa shape index (κ1) is 10.9. The molecule has 0 fully saturated rings. The monoisotopic (exact) mass is 209 g/mol. The third kappa shape index (κ3) is 3.59. The number of carbonyl (C=O) groups is 2. The SMILES string of the molecule is CC(NC(=O)Nc1cncnc1)C(N)=O. The van der Waals surface area contributed by atoms with Crippen LogP contribution >= 0.6 is 0 Å². The lowest BCUT2D eigenvalue weighted by Crippen LogP contribution is -2.44. The van der Waals surface area contributed by atoms with Crippen LogP contribution in [0.2, 0.25) is 0 Å². The van der Waals surface area contributed by atoms with Crippen molar-refractivity contribution in [1.29, 1.82) is 0 Å². The number of carbonyl (C=O) groups excluding carboxylic acids is 2. The summed E-state index contributed by atoms with van der Waals surface area (Å²) in [6, 6.07) is -1.26. The van der Waals surface area contributed by atoms with Crippen LogP contribution in [-0.2, 0) is 4.79 Å². The van der Waals surface area contributed by atoms with E-state index in [1.807, 2.05) is 0 Å². The lowest BCUT2D eigenvalue weighted by molar-refractivity contribution is -0.119. The maximum atomic E-state index is 11.2. The Morgan fingerprint density at radius 1 is 1.40 bits per heavy atom. The van der Waals surface area contributed by atoms with Crippen LogP contribution in [-0.4, -0.2) is 27.9 Å². The Kier molecular flexibility index (Phi) is 3.55. The van der Waals surface area contributed by atoms with E-state index in [-0.39, 0.29) is 0 Å². The number of nitrogens with zero attached hydrogens (tertiary/aromatic N) is 2. The second kappa shape index (κ2) is 4.89. The standard InChI is InChI=1S/C8H11N5O2/c1-5(7(9)14)12-8(15)13-6-2-10-4-11-3-6/h2-5H,1H3,(H2,9,14)(H2,12,13,15). The first-order chi connectivity index (χ1) is 7.09. The van der Waals surface area contributed by atoms with E-state index in [0.717, 1.165) is 0 Å². The zero-order valence-electron chi connectivity index (χ0n) is 8.10. The average Bonchev–Trinajstić information content (AvgIpc) is 2.18. The van der Waals surface area contributed by atoms with Crippen molar-refractivity contribution in [3.8, 4) is 0 Å². The summed E-state index contributed by atoms with van der Waals surface area (Å²) in [6.45, 7) is 1.49. The summed E-state index contributed by atoms with van der Waals surface area (Å²) in [6.07, 6.45) is 4.21. The van der Waals surface area contributed by atoms with Gasteiger partial charge in [0.15, 0.2) is 0 Å². The van der Waals surface area contributed by atoms with Gasteiger partial charge in [-0.15, -0.1) is 0 Å². The zero-order chi connectivity index (χ0) is 11.3. The third-order valence-electron chi connectivity index (χ3n) is 1.59. The molecule has 7 heteroatoms. The van der Waals surface area contributed by atoms with Crippen LogP contribution in [0.1, 0.15) is 6.92 Å². The van der Waals surface area contributed by atoms with Crippen molar-refractivity contribution in [3.05, 3.63) is 18.7 Å². The predicted octanol–water partition coefficient (Wildman–Crippen LogP) is -0.528. The van der Waals surface area contributed by atoms with Crippen LogP contribution in [0.25, 0.3) is 0 Å². The molecule has 0 bridgehead atoms. The van der Waals surface area contributed by atoms with Gasteiger partial charge in [-0.2, -0.15) is 0 Å². The van der Waals surface area contributed by atoms with Gasteiger partial charge in [-0.3, -0.25) is 4.79 Å². The van der Waals surface area contributed by atoms with E-state index in [1.165, 1.54) is 25.6 Å². The van der Waals surface area contributed by atoms with Gasteiger partial charge < -0.3 is 16.4 Å². The molecule has 0 aliphatic heterocycles.